The molecule has 0 saturated carbocycles. The fourth-order valence-corrected chi connectivity index (χ4v) is 1.79. The van der Waals surface area contributed by atoms with Crippen LogP contribution in [0, 0.1) is 0 Å². The lowest BCUT2D eigenvalue weighted by Gasteiger charge is -2.21. The molecule has 1 aliphatic rings. The minimum Gasteiger partial charge on any atom is -0.435 e. The molecule has 1 atom stereocenters. The Morgan fingerprint density at radius 2 is 2.15 bits per heavy atom. The van der Waals surface area contributed by atoms with Gasteiger partial charge in [0, 0.05) is 11.8 Å². The molecule has 1 saturated heterocycles. The van der Waals surface area contributed by atoms with Gasteiger partial charge in [-0.25, -0.2) is 4.98 Å². The van der Waals surface area contributed by atoms with E-state index in [9.17, 15) is 14.4 Å². The fourth-order valence-electron chi connectivity index (χ4n) is 1.79. The van der Waals surface area contributed by atoms with Crippen LogP contribution in [0.1, 0.15) is 50.1 Å². The average molecular weight is 279 g/mol. The monoisotopic (exact) mass is 279 g/mol. The maximum absolute atomic E-state index is 12.0. The van der Waals surface area contributed by atoms with Gasteiger partial charge < -0.3 is 9.73 Å². The van der Waals surface area contributed by atoms with E-state index >= 15 is 0 Å². The number of carbonyl (C=O) groups excluding carboxylic acids is 3. The number of aromatic nitrogens is 1. The van der Waals surface area contributed by atoms with Crippen molar-refractivity contribution in [2.75, 3.05) is 0 Å². The van der Waals surface area contributed by atoms with Crippen molar-refractivity contribution in [2.45, 2.75) is 45.1 Å². The number of carbonyl (C=O) groups is 3. The second-order valence-corrected chi connectivity index (χ2v) is 5.76. The van der Waals surface area contributed by atoms with Gasteiger partial charge in [-0.05, 0) is 6.42 Å². The zero-order valence-corrected chi connectivity index (χ0v) is 11.6. The van der Waals surface area contributed by atoms with Gasteiger partial charge in [-0.3, -0.25) is 19.7 Å². The molecule has 1 fully saturated rings. The summed E-state index contributed by atoms with van der Waals surface area (Å²) in [4.78, 5) is 38.6. The molecule has 20 heavy (non-hydrogen) atoms. The Morgan fingerprint density at radius 3 is 2.70 bits per heavy atom. The number of piperidine rings is 1. The number of nitrogens with one attached hydrogen (secondary N) is 2. The van der Waals surface area contributed by atoms with Crippen molar-refractivity contribution in [3.05, 3.63) is 17.8 Å². The van der Waals surface area contributed by atoms with Crippen LogP contribution in [0.15, 0.2) is 10.6 Å². The Bertz CT molecular complexity index is 556. The molecular weight excluding hydrogens is 262 g/mol. The van der Waals surface area contributed by atoms with Gasteiger partial charge in [0.2, 0.25) is 23.5 Å². The quantitative estimate of drug-likeness (QED) is 0.768. The molecule has 1 aromatic rings. The predicted molar refractivity (Wildman–Crippen MR) is 68.8 cm³/mol. The standard InChI is InChI=1S/C13H17N3O4/c1-13(2,3)12-14-6-8(20-12)11(19)15-7-4-5-9(17)16-10(7)18/h6-7H,4-5H2,1-3H3,(H,15,19)(H,16,17,18). The molecule has 0 bridgehead atoms. The Labute approximate surface area is 116 Å². The molecule has 7 heteroatoms. The highest BCUT2D eigenvalue weighted by atomic mass is 16.4. The number of imide groups is 1. The van der Waals surface area contributed by atoms with Gasteiger partial charge in [0.15, 0.2) is 0 Å². The molecule has 0 radical (unpaired) electrons. The molecule has 108 valence electrons. The highest BCUT2D eigenvalue weighted by Crippen LogP contribution is 2.21. The summed E-state index contributed by atoms with van der Waals surface area (Å²) in [6.07, 6.45) is 1.83. The molecule has 2 N–H and O–H groups in total. The zero-order chi connectivity index (χ0) is 14.9. The van der Waals surface area contributed by atoms with Crippen LogP contribution in [0.4, 0.5) is 0 Å². The lowest BCUT2D eigenvalue weighted by molar-refractivity contribution is -0.134. The van der Waals surface area contributed by atoms with Crippen LogP contribution in [-0.4, -0.2) is 28.7 Å². The van der Waals surface area contributed by atoms with E-state index < -0.39 is 17.9 Å². The minimum atomic E-state index is -0.719. The lowest BCUT2D eigenvalue weighted by atomic mass is 9.97. The zero-order valence-electron chi connectivity index (χ0n) is 11.6. The topological polar surface area (TPSA) is 101 Å². The van der Waals surface area contributed by atoms with E-state index in [-0.39, 0.29) is 29.9 Å². The van der Waals surface area contributed by atoms with Crippen molar-refractivity contribution in [3.8, 4) is 0 Å². The molecule has 2 rings (SSSR count). The predicted octanol–water partition coefficient (Wildman–Crippen LogP) is 0.507. The van der Waals surface area contributed by atoms with Crippen LogP contribution in [0.3, 0.4) is 0 Å². The average Bonchev–Trinajstić information content (AvgIpc) is 2.82. The summed E-state index contributed by atoms with van der Waals surface area (Å²) in [7, 11) is 0. The number of hydrogen-bond acceptors (Lipinski definition) is 5. The van der Waals surface area contributed by atoms with Crippen LogP contribution in [0.5, 0.6) is 0 Å². The summed E-state index contributed by atoms with van der Waals surface area (Å²) in [5.41, 5.74) is -0.298. The molecule has 7 nitrogen and oxygen atoms in total. The van der Waals surface area contributed by atoms with Crippen molar-refractivity contribution >= 4 is 17.7 Å². The molecule has 0 spiro atoms. The second kappa shape index (κ2) is 5.07. The largest absolute Gasteiger partial charge is 0.435 e. The van der Waals surface area contributed by atoms with Crippen molar-refractivity contribution < 1.29 is 18.8 Å². The van der Waals surface area contributed by atoms with Gasteiger partial charge in [0.25, 0.3) is 5.91 Å². The van der Waals surface area contributed by atoms with Gasteiger partial charge >= 0.3 is 0 Å². The van der Waals surface area contributed by atoms with E-state index in [1.54, 1.807) is 0 Å². The van der Waals surface area contributed by atoms with Crippen LogP contribution >= 0.6 is 0 Å². The third kappa shape index (κ3) is 3.04. The molecule has 1 unspecified atom stereocenters. The summed E-state index contributed by atoms with van der Waals surface area (Å²) >= 11 is 0. The third-order valence-electron chi connectivity index (χ3n) is 2.92. The molecule has 3 amide bonds. The Morgan fingerprint density at radius 1 is 1.45 bits per heavy atom. The van der Waals surface area contributed by atoms with E-state index in [4.69, 9.17) is 4.42 Å². The van der Waals surface area contributed by atoms with Gasteiger partial charge in [0.1, 0.15) is 6.04 Å². The first-order valence-electron chi connectivity index (χ1n) is 6.38. The summed E-state index contributed by atoms with van der Waals surface area (Å²) in [6.45, 7) is 5.75. The maximum atomic E-state index is 12.0. The first kappa shape index (κ1) is 14.2. The highest BCUT2D eigenvalue weighted by molar-refractivity contribution is 6.03. The summed E-state index contributed by atoms with van der Waals surface area (Å²) < 4.78 is 5.39. The summed E-state index contributed by atoms with van der Waals surface area (Å²) in [6, 6.07) is -0.719. The van der Waals surface area contributed by atoms with Crippen molar-refractivity contribution in [2.24, 2.45) is 0 Å². The van der Waals surface area contributed by atoms with Gasteiger partial charge in [-0.2, -0.15) is 0 Å². The fraction of sp³-hybridized carbons (Fsp3) is 0.538. The van der Waals surface area contributed by atoms with E-state index in [1.807, 2.05) is 20.8 Å². The van der Waals surface area contributed by atoms with E-state index in [2.05, 4.69) is 15.6 Å². The Kier molecular flexibility index (Phi) is 3.61. The van der Waals surface area contributed by atoms with E-state index in [0.29, 0.717) is 5.89 Å². The van der Waals surface area contributed by atoms with Crippen LogP contribution in [-0.2, 0) is 15.0 Å². The van der Waals surface area contributed by atoms with Gasteiger partial charge in [-0.15, -0.1) is 0 Å². The number of rotatable bonds is 2. The number of oxazole rings is 1. The first-order valence-corrected chi connectivity index (χ1v) is 6.38. The Hall–Kier alpha value is -2.18. The molecule has 0 aromatic carbocycles. The minimum absolute atomic E-state index is 0.0552. The molecule has 1 aliphatic heterocycles. The SMILES string of the molecule is CC(C)(C)c1ncc(C(=O)NC2CCC(=O)NC2=O)o1. The third-order valence-corrected chi connectivity index (χ3v) is 2.92. The van der Waals surface area contributed by atoms with Gasteiger partial charge in [0.05, 0.1) is 6.20 Å². The second-order valence-electron chi connectivity index (χ2n) is 5.76. The van der Waals surface area contributed by atoms with Crippen molar-refractivity contribution in [1.82, 2.24) is 15.6 Å². The normalized spacial score (nSPS) is 19.6. The van der Waals surface area contributed by atoms with Gasteiger partial charge in [-0.1, -0.05) is 20.8 Å². The first-order chi connectivity index (χ1) is 9.27. The Balaban J connectivity index is 2.03. The number of nitrogens with zero attached hydrogens (tertiary/aromatic N) is 1. The highest BCUT2D eigenvalue weighted by Gasteiger charge is 2.29. The number of amides is 3. The van der Waals surface area contributed by atoms with Crippen LogP contribution in [0.25, 0.3) is 0 Å². The molecule has 1 aromatic heterocycles. The van der Waals surface area contributed by atoms with Crippen molar-refractivity contribution in [3.63, 3.8) is 0 Å². The molecule has 0 aliphatic carbocycles. The molecule has 2 heterocycles. The van der Waals surface area contributed by atoms with E-state index in [0.717, 1.165) is 0 Å². The van der Waals surface area contributed by atoms with Crippen LogP contribution < -0.4 is 10.6 Å². The molecular formula is C13H17N3O4. The number of hydrogen-bond donors (Lipinski definition) is 2. The van der Waals surface area contributed by atoms with Crippen LogP contribution in [0.2, 0.25) is 0 Å². The smallest absolute Gasteiger partial charge is 0.289 e. The van der Waals surface area contributed by atoms with E-state index in [1.165, 1.54) is 6.20 Å². The summed E-state index contributed by atoms with van der Waals surface area (Å²) in [5, 5.41) is 4.71. The lowest BCUT2D eigenvalue weighted by Crippen LogP contribution is -2.52. The summed E-state index contributed by atoms with van der Waals surface area (Å²) in [5.74, 6) is -0.826. The van der Waals surface area contributed by atoms with Crippen molar-refractivity contribution in [1.29, 1.82) is 0 Å². The maximum Gasteiger partial charge on any atom is 0.289 e.